The van der Waals surface area contributed by atoms with Gasteiger partial charge in [0.15, 0.2) is 5.78 Å². The molecule has 3 nitrogen and oxygen atoms in total. The summed E-state index contributed by atoms with van der Waals surface area (Å²) in [6.07, 6.45) is 4.86. The second-order valence-corrected chi connectivity index (χ2v) is 4.53. The number of ketones is 1. The highest BCUT2D eigenvalue weighted by molar-refractivity contribution is 7.12. The van der Waals surface area contributed by atoms with Crippen LogP contribution >= 0.6 is 11.3 Å². The molecule has 1 rings (SSSR count). The van der Waals surface area contributed by atoms with Crippen LogP contribution in [0.3, 0.4) is 0 Å². The van der Waals surface area contributed by atoms with Crippen molar-refractivity contribution in [3.8, 4) is 0 Å². The van der Waals surface area contributed by atoms with E-state index in [1.807, 2.05) is 18.4 Å². The standard InChI is InChI=1S/C13H16O3S/c1-3-4-8-16-12(15)6-5-11-7-9-17-13(11)10(2)14/h5-7,9H,3-4,8H2,1-2H3/b6-5+. The fourth-order valence-corrected chi connectivity index (χ4v) is 2.05. The summed E-state index contributed by atoms with van der Waals surface area (Å²) in [7, 11) is 0. The van der Waals surface area contributed by atoms with Crippen LogP contribution in [0.25, 0.3) is 6.08 Å². The van der Waals surface area contributed by atoms with Crippen molar-refractivity contribution in [2.45, 2.75) is 26.7 Å². The molecule has 0 unspecified atom stereocenters. The van der Waals surface area contributed by atoms with E-state index in [0.29, 0.717) is 11.5 Å². The molecule has 1 heterocycles. The van der Waals surface area contributed by atoms with Crippen molar-refractivity contribution in [1.29, 1.82) is 0 Å². The summed E-state index contributed by atoms with van der Waals surface area (Å²) in [4.78, 5) is 23.2. The first-order chi connectivity index (χ1) is 8.15. The Hall–Kier alpha value is -1.42. The van der Waals surface area contributed by atoms with E-state index in [1.54, 1.807) is 6.08 Å². The Kier molecular flexibility index (Phi) is 5.63. The van der Waals surface area contributed by atoms with Crippen molar-refractivity contribution in [3.63, 3.8) is 0 Å². The maximum atomic E-state index is 11.3. The Morgan fingerprint density at radius 3 is 2.88 bits per heavy atom. The van der Waals surface area contributed by atoms with Crippen LogP contribution < -0.4 is 0 Å². The average molecular weight is 252 g/mol. The maximum absolute atomic E-state index is 11.3. The molecule has 0 atom stereocenters. The highest BCUT2D eigenvalue weighted by atomic mass is 32.1. The lowest BCUT2D eigenvalue weighted by Crippen LogP contribution is -2.01. The first-order valence-corrected chi connectivity index (χ1v) is 6.46. The van der Waals surface area contributed by atoms with Gasteiger partial charge in [0, 0.05) is 6.08 Å². The van der Waals surface area contributed by atoms with Gasteiger partial charge in [0.25, 0.3) is 0 Å². The first kappa shape index (κ1) is 13.6. The van der Waals surface area contributed by atoms with Crippen molar-refractivity contribution in [2.24, 2.45) is 0 Å². The molecule has 0 aromatic carbocycles. The van der Waals surface area contributed by atoms with Crippen molar-refractivity contribution in [3.05, 3.63) is 28.0 Å². The molecular formula is C13H16O3S. The molecule has 0 N–H and O–H groups in total. The fourth-order valence-electron chi connectivity index (χ4n) is 1.26. The van der Waals surface area contributed by atoms with E-state index in [-0.39, 0.29) is 11.8 Å². The average Bonchev–Trinajstić information content (AvgIpc) is 2.75. The highest BCUT2D eigenvalue weighted by Gasteiger charge is 2.06. The summed E-state index contributed by atoms with van der Waals surface area (Å²) in [5, 5.41) is 1.83. The number of ether oxygens (including phenoxy) is 1. The molecular weight excluding hydrogens is 236 g/mol. The number of unbranched alkanes of at least 4 members (excludes halogenated alkanes) is 1. The number of hydrogen-bond acceptors (Lipinski definition) is 4. The van der Waals surface area contributed by atoms with Gasteiger partial charge in [-0.3, -0.25) is 4.79 Å². The van der Waals surface area contributed by atoms with Crippen LogP contribution in [0.4, 0.5) is 0 Å². The normalized spacial score (nSPS) is 10.7. The smallest absolute Gasteiger partial charge is 0.330 e. The summed E-state index contributed by atoms with van der Waals surface area (Å²) in [5.74, 6) is -0.349. The molecule has 92 valence electrons. The maximum Gasteiger partial charge on any atom is 0.330 e. The molecule has 0 amide bonds. The molecule has 1 aromatic heterocycles. The van der Waals surface area contributed by atoms with E-state index in [9.17, 15) is 9.59 Å². The van der Waals surface area contributed by atoms with Crippen LogP contribution in [0.5, 0.6) is 0 Å². The summed E-state index contributed by atoms with van der Waals surface area (Å²) in [6.45, 7) is 4.00. The molecule has 0 saturated carbocycles. The lowest BCUT2D eigenvalue weighted by atomic mass is 10.2. The minimum absolute atomic E-state index is 0.0130. The molecule has 17 heavy (non-hydrogen) atoms. The molecule has 1 aromatic rings. The van der Waals surface area contributed by atoms with E-state index < -0.39 is 0 Å². The Morgan fingerprint density at radius 2 is 2.24 bits per heavy atom. The molecule has 0 spiro atoms. The predicted molar refractivity (Wildman–Crippen MR) is 69.2 cm³/mol. The predicted octanol–water partition coefficient (Wildman–Crippen LogP) is 3.31. The van der Waals surface area contributed by atoms with Gasteiger partial charge in [0.05, 0.1) is 11.5 Å². The number of carbonyl (C=O) groups is 2. The fraction of sp³-hybridized carbons (Fsp3) is 0.385. The third-order valence-electron chi connectivity index (χ3n) is 2.16. The zero-order valence-corrected chi connectivity index (χ0v) is 10.9. The van der Waals surface area contributed by atoms with Gasteiger partial charge in [0.1, 0.15) is 0 Å². The van der Waals surface area contributed by atoms with Crippen molar-refractivity contribution in [1.82, 2.24) is 0 Å². The van der Waals surface area contributed by atoms with Gasteiger partial charge in [-0.1, -0.05) is 13.3 Å². The van der Waals surface area contributed by atoms with E-state index in [0.717, 1.165) is 18.4 Å². The second kappa shape index (κ2) is 7.01. The van der Waals surface area contributed by atoms with Gasteiger partial charge in [-0.2, -0.15) is 0 Å². The molecule has 0 bridgehead atoms. The highest BCUT2D eigenvalue weighted by Crippen LogP contribution is 2.18. The molecule has 0 fully saturated rings. The Morgan fingerprint density at radius 1 is 1.47 bits per heavy atom. The van der Waals surface area contributed by atoms with Crippen LogP contribution in [0.15, 0.2) is 17.5 Å². The zero-order valence-electron chi connectivity index (χ0n) is 10.1. The van der Waals surface area contributed by atoms with Gasteiger partial charge in [-0.25, -0.2) is 4.79 Å². The molecule has 0 radical (unpaired) electrons. The topological polar surface area (TPSA) is 43.4 Å². The Bertz CT molecular complexity index is 418. The van der Waals surface area contributed by atoms with E-state index >= 15 is 0 Å². The van der Waals surface area contributed by atoms with Crippen molar-refractivity contribution >= 4 is 29.2 Å². The van der Waals surface area contributed by atoms with Crippen LogP contribution in [-0.2, 0) is 9.53 Å². The monoisotopic (exact) mass is 252 g/mol. The molecule has 0 aliphatic heterocycles. The van der Waals surface area contributed by atoms with E-state index in [1.165, 1.54) is 24.3 Å². The number of thiophene rings is 1. The molecule has 0 aliphatic rings. The number of rotatable bonds is 6. The molecule has 0 aliphatic carbocycles. The summed E-state index contributed by atoms with van der Waals surface area (Å²) < 4.78 is 4.97. The lowest BCUT2D eigenvalue weighted by molar-refractivity contribution is -0.137. The van der Waals surface area contributed by atoms with Crippen LogP contribution in [0.2, 0.25) is 0 Å². The Labute approximate surface area is 105 Å². The van der Waals surface area contributed by atoms with Crippen LogP contribution in [-0.4, -0.2) is 18.4 Å². The minimum atomic E-state index is -0.362. The zero-order chi connectivity index (χ0) is 12.7. The van der Waals surface area contributed by atoms with Gasteiger partial charge in [0.2, 0.25) is 0 Å². The van der Waals surface area contributed by atoms with Gasteiger partial charge in [-0.05, 0) is 36.4 Å². The number of esters is 1. The van der Waals surface area contributed by atoms with Crippen LogP contribution in [0.1, 0.15) is 41.9 Å². The second-order valence-electron chi connectivity index (χ2n) is 3.62. The summed E-state index contributed by atoms with van der Waals surface area (Å²) in [5.41, 5.74) is 0.773. The molecule has 0 saturated heterocycles. The first-order valence-electron chi connectivity index (χ1n) is 5.58. The largest absolute Gasteiger partial charge is 0.463 e. The molecule has 4 heteroatoms. The lowest BCUT2D eigenvalue weighted by Gasteiger charge is -1.99. The summed E-state index contributed by atoms with van der Waals surface area (Å²) >= 11 is 1.38. The number of carbonyl (C=O) groups excluding carboxylic acids is 2. The van der Waals surface area contributed by atoms with Crippen LogP contribution in [0, 0.1) is 0 Å². The van der Waals surface area contributed by atoms with Gasteiger partial charge in [-0.15, -0.1) is 11.3 Å². The third-order valence-corrected chi connectivity index (χ3v) is 3.19. The third kappa shape index (κ3) is 4.53. The summed E-state index contributed by atoms with van der Waals surface area (Å²) in [6, 6.07) is 1.82. The minimum Gasteiger partial charge on any atom is -0.463 e. The Balaban J connectivity index is 2.55. The van der Waals surface area contributed by atoms with E-state index in [2.05, 4.69) is 0 Å². The van der Waals surface area contributed by atoms with E-state index in [4.69, 9.17) is 4.74 Å². The SMILES string of the molecule is CCCCOC(=O)/C=C/c1ccsc1C(C)=O. The van der Waals surface area contributed by atoms with Gasteiger partial charge < -0.3 is 4.74 Å². The number of Topliss-reactive ketones (excluding diaryl/α,β-unsaturated/α-hetero) is 1. The van der Waals surface area contributed by atoms with Crippen molar-refractivity contribution in [2.75, 3.05) is 6.61 Å². The number of hydrogen-bond donors (Lipinski definition) is 0. The quantitative estimate of drug-likeness (QED) is 0.337. The van der Waals surface area contributed by atoms with Gasteiger partial charge >= 0.3 is 5.97 Å². The van der Waals surface area contributed by atoms with Crippen molar-refractivity contribution < 1.29 is 14.3 Å².